The molecule has 0 aliphatic carbocycles. The second-order valence-corrected chi connectivity index (χ2v) is 7.01. The number of carbonyl (C=O) groups excluding carboxylic acids is 1. The van der Waals surface area contributed by atoms with Crippen molar-refractivity contribution in [2.75, 3.05) is 19.7 Å². The highest BCUT2D eigenvalue weighted by Crippen LogP contribution is 2.25. The molecule has 2 fully saturated rings. The predicted octanol–water partition coefficient (Wildman–Crippen LogP) is 1.15. The third-order valence-corrected chi connectivity index (χ3v) is 5.16. The Morgan fingerprint density at radius 1 is 1.31 bits per heavy atom. The number of aromatic amines is 1. The van der Waals surface area contributed by atoms with Crippen molar-refractivity contribution in [2.24, 2.45) is 0 Å². The van der Waals surface area contributed by atoms with E-state index in [1.807, 2.05) is 40.7 Å². The molecule has 140 valence electrons. The van der Waals surface area contributed by atoms with Gasteiger partial charge in [-0.3, -0.25) is 14.2 Å². The van der Waals surface area contributed by atoms with Gasteiger partial charge in [-0.2, -0.15) is 5.48 Å². The van der Waals surface area contributed by atoms with E-state index in [-0.39, 0.29) is 36.6 Å². The number of para-hydroxylation sites is 2. The molecule has 3 heterocycles. The zero-order chi connectivity index (χ0) is 18.1. The summed E-state index contributed by atoms with van der Waals surface area (Å²) < 4.78 is 7.40. The third-order valence-electron chi connectivity index (χ3n) is 5.16. The number of benzene rings is 1. The molecule has 1 amide bonds. The summed E-state index contributed by atoms with van der Waals surface area (Å²) in [7, 11) is 0. The second kappa shape index (κ2) is 7.22. The minimum atomic E-state index is -0.226. The molecule has 2 aliphatic rings. The number of piperidine rings is 1. The number of likely N-dealkylation sites (tertiary alicyclic amines) is 1. The molecular formula is C18H24N4O4. The molecule has 0 spiro atoms. The molecule has 0 radical (unpaired) electrons. The molecule has 8 heteroatoms. The van der Waals surface area contributed by atoms with Gasteiger partial charge in [-0.25, -0.2) is 4.79 Å². The number of hydroxylamine groups is 1. The second-order valence-electron chi connectivity index (χ2n) is 7.01. The largest absolute Gasteiger partial charge is 0.351 e. The number of H-pyrrole nitrogens is 1. The number of carbonyl (C=O) groups is 1. The van der Waals surface area contributed by atoms with Gasteiger partial charge in [-0.1, -0.05) is 12.1 Å². The van der Waals surface area contributed by atoms with Crippen LogP contribution >= 0.6 is 0 Å². The fraction of sp³-hybridized carbons (Fsp3) is 0.556. The highest BCUT2D eigenvalue weighted by molar-refractivity contribution is 5.77. The van der Waals surface area contributed by atoms with Crippen LogP contribution in [0.2, 0.25) is 0 Å². The van der Waals surface area contributed by atoms with Crippen LogP contribution in [0.5, 0.6) is 0 Å². The molecule has 0 bridgehead atoms. The van der Waals surface area contributed by atoms with Crippen LogP contribution in [0.4, 0.5) is 0 Å². The smallest absolute Gasteiger partial charge is 0.326 e. The number of imidazole rings is 1. The first-order valence-corrected chi connectivity index (χ1v) is 9.11. The predicted molar refractivity (Wildman–Crippen MR) is 95.4 cm³/mol. The van der Waals surface area contributed by atoms with Gasteiger partial charge in [-0.05, 0) is 31.9 Å². The summed E-state index contributed by atoms with van der Waals surface area (Å²) in [6, 6.07) is 7.81. The summed E-state index contributed by atoms with van der Waals surface area (Å²) in [5.41, 5.74) is 4.47. The van der Waals surface area contributed by atoms with Crippen molar-refractivity contribution in [3.8, 4) is 0 Å². The Labute approximate surface area is 151 Å². The van der Waals surface area contributed by atoms with Crippen LogP contribution in [0.3, 0.4) is 0 Å². The lowest BCUT2D eigenvalue weighted by molar-refractivity contribution is -0.141. The van der Waals surface area contributed by atoms with Gasteiger partial charge < -0.3 is 14.6 Å². The van der Waals surface area contributed by atoms with Crippen molar-refractivity contribution < 1.29 is 14.4 Å². The number of hydrogen-bond acceptors (Lipinski definition) is 5. The molecule has 2 aliphatic heterocycles. The van der Waals surface area contributed by atoms with Crippen LogP contribution in [0.15, 0.2) is 29.1 Å². The van der Waals surface area contributed by atoms with Crippen molar-refractivity contribution in [1.82, 2.24) is 19.9 Å². The van der Waals surface area contributed by atoms with Gasteiger partial charge >= 0.3 is 5.69 Å². The van der Waals surface area contributed by atoms with Gasteiger partial charge in [0, 0.05) is 25.6 Å². The Bertz CT molecular complexity index is 837. The Hall–Kier alpha value is -2.16. The molecule has 1 aromatic carbocycles. The van der Waals surface area contributed by atoms with E-state index in [1.54, 1.807) is 0 Å². The summed E-state index contributed by atoms with van der Waals surface area (Å²) in [5, 5.41) is 0. The van der Waals surface area contributed by atoms with Crippen LogP contribution in [-0.2, 0) is 14.4 Å². The van der Waals surface area contributed by atoms with Gasteiger partial charge in [0.1, 0.15) is 12.8 Å². The van der Waals surface area contributed by atoms with E-state index in [0.29, 0.717) is 13.1 Å². The maximum Gasteiger partial charge on any atom is 0.326 e. The Balaban J connectivity index is 1.34. The number of aromatic nitrogens is 2. The van der Waals surface area contributed by atoms with Crippen molar-refractivity contribution in [1.29, 1.82) is 0 Å². The molecule has 2 atom stereocenters. The normalized spacial score (nSPS) is 24.4. The minimum absolute atomic E-state index is 0.0175. The SMILES string of the molecule is CC1CC(OCC(=O)N2CCC(n3c(=O)[nH]c4ccccc43)CC2)NO1. The summed E-state index contributed by atoms with van der Waals surface area (Å²) in [6.45, 7) is 3.26. The molecule has 2 saturated heterocycles. The zero-order valence-corrected chi connectivity index (χ0v) is 14.8. The number of ether oxygens (including phenoxy) is 1. The average molecular weight is 360 g/mol. The van der Waals surface area contributed by atoms with Gasteiger partial charge in [0.2, 0.25) is 5.91 Å². The van der Waals surface area contributed by atoms with Crippen LogP contribution in [-0.4, -0.2) is 52.4 Å². The van der Waals surface area contributed by atoms with E-state index in [2.05, 4.69) is 10.5 Å². The molecule has 26 heavy (non-hydrogen) atoms. The summed E-state index contributed by atoms with van der Waals surface area (Å²) in [4.78, 5) is 34.6. The molecule has 2 aromatic rings. The fourth-order valence-electron chi connectivity index (χ4n) is 3.77. The van der Waals surface area contributed by atoms with Crippen molar-refractivity contribution in [2.45, 2.75) is 44.6 Å². The van der Waals surface area contributed by atoms with E-state index < -0.39 is 0 Å². The molecule has 8 nitrogen and oxygen atoms in total. The van der Waals surface area contributed by atoms with Gasteiger partial charge in [0.15, 0.2) is 0 Å². The minimum Gasteiger partial charge on any atom is -0.351 e. The highest BCUT2D eigenvalue weighted by atomic mass is 16.7. The summed E-state index contributed by atoms with van der Waals surface area (Å²) in [6.07, 6.45) is 2.13. The molecule has 2 unspecified atom stereocenters. The number of hydrogen-bond donors (Lipinski definition) is 2. The number of nitrogens with zero attached hydrogens (tertiary/aromatic N) is 2. The summed E-state index contributed by atoms with van der Waals surface area (Å²) in [5.74, 6) is -0.0175. The van der Waals surface area contributed by atoms with Crippen LogP contribution in [0.25, 0.3) is 11.0 Å². The number of rotatable bonds is 4. The molecular weight excluding hydrogens is 336 g/mol. The quantitative estimate of drug-likeness (QED) is 0.854. The van der Waals surface area contributed by atoms with E-state index >= 15 is 0 Å². The monoisotopic (exact) mass is 360 g/mol. The zero-order valence-electron chi connectivity index (χ0n) is 14.8. The van der Waals surface area contributed by atoms with E-state index in [9.17, 15) is 9.59 Å². The van der Waals surface area contributed by atoms with Crippen LogP contribution < -0.4 is 11.2 Å². The van der Waals surface area contributed by atoms with Crippen molar-refractivity contribution in [3.05, 3.63) is 34.7 Å². The molecule has 2 N–H and O–H groups in total. The lowest BCUT2D eigenvalue weighted by Crippen LogP contribution is -2.43. The van der Waals surface area contributed by atoms with E-state index in [4.69, 9.17) is 9.57 Å². The van der Waals surface area contributed by atoms with E-state index in [1.165, 1.54) is 0 Å². The lowest BCUT2D eigenvalue weighted by Gasteiger charge is -2.32. The standard InChI is InChI=1S/C18H24N4O4/c1-12-10-16(20-26-12)25-11-17(23)21-8-6-13(7-9-21)22-15-5-3-2-4-14(15)19-18(22)24/h2-5,12-13,16,20H,6-11H2,1H3,(H,19,24). The average Bonchev–Trinajstić information content (AvgIpc) is 3.22. The van der Waals surface area contributed by atoms with Crippen molar-refractivity contribution in [3.63, 3.8) is 0 Å². The van der Waals surface area contributed by atoms with Crippen molar-refractivity contribution >= 4 is 16.9 Å². The maximum absolute atomic E-state index is 12.4. The third kappa shape index (κ3) is 3.40. The number of amides is 1. The van der Waals surface area contributed by atoms with Gasteiger partial charge in [0.25, 0.3) is 0 Å². The van der Waals surface area contributed by atoms with Crippen LogP contribution in [0.1, 0.15) is 32.2 Å². The van der Waals surface area contributed by atoms with Crippen LogP contribution in [0, 0.1) is 0 Å². The number of nitrogens with one attached hydrogen (secondary N) is 2. The Kier molecular flexibility index (Phi) is 4.80. The fourth-order valence-corrected chi connectivity index (χ4v) is 3.77. The molecule has 0 saturated carbocycles. The first-order chi connectivity index (χ1) is 12.6. The Morgan fingerprint density at radius 3 is 2.81 bits per heavy atom. The summed E-state index contributed by atoms with van der Waals surface area (Å²) >= 11 is 0. The maximum atomic E-state index is 12.4. The highest BCUT2D eigenvalue weighted by Gasteiger charge is 2.28. The Morgan fingerprint density at radius 2 is 2.08 bits per heavy atom. The topological polar surface area (TPSA) is 88.6 Å². The van der Waals surface area contributed by atoms with E-state index in [0.717, 1.165) is 30.3 Å². The van der Waals surface area contributed by atoms with Gasteiger partial charge in [-0.15, -0.1) is 0 Å². The lowest BCUT2D eigenvalue weighted by atomic mass is 10.0. The van der Waals surface area contributed by atoms with Gasteiger partial charge in [0.05, 0.1) is 17.1 Å². The first kappa shape index (κ1) is 17.3. The molecule has 4 rings (SSSR count). The number of fused-ring (bicyclic) bond motifs is 1. The first-order valence-electron chi connectivity index (χ1n) is 9.11. The molecule has 1 aromatic heterocycles.